The number of hydrogen-bond acceptors (Lipinski definition) is 1. The van der Waals surface area contributed by atoms with E-state index in [0.717, 1.165) is 18.0 Å². The second-order valence-corrected chi connectivity index (χ2v) is 6.05. The van der Waals surface area contributed by atoms with Gasteiger partial charge in [-0.25, -0.2) is 4.39 Å². The zero-order valence-electron chi connectivity index (χ0n) is 11.6. The van der Waals surface area contributed by atoms with E-state index in [0.29, 0.717) is 0 Å². The van der Waals surface area contributed by atoms with Crippen LogP contribution in [0.15, 0.2) is 18.2 Å². The van der Waals surface area contributed by atoms with E-state index in [9.17, 15) is 4.39 Å². The molecule has 1 nitrogen and oxygen atoms in total. The summed E-state index contributed by atoms with van der Waals surface area (Å²) in [6.07, 6.45) is 8.23. The highest BCUT2D eigenvalue weighted by Gasteiger charge is 2.14. The third-order valence-electron chi connectivity index (χ3n) is 4.17. The molecule has 0 amide bonds. The lowest BCUT2D eigenvalue weighted by atomic mass is 9.87. The molecule has 106 valence electrons. The maximum absolute atomic E-state index is 13.1. The monoisotopic (exact) mass is 283 g/mol. The quantitative estimate of drug-likeness (QED) is 0.793. The predicted octanol–water partition coefficient (Wildman–Crippen LogP) is 5.10. The van der Waals surface area contributed by atoms with Gasteiger partial charge in [-0.15, -0.1) is 0 Å². The first kappa shape index (κ1) is 14.8. The first-order valence-electron chi connectivity index (χ1n) is 7.35. The fourth-order valence-electron chi connectivity index (χ4n) is 2.88. The minimum atomic E-state index is -0.347. The summed E-state index contributed by atoms with van der Waals surface area (Å²) in [6.45, 7) is 3.13. The number of nitrogens with one attached hydrogen (secondary N) is 1. The van der Waals surface area contributed by atoms with Gasteiger partial charge < -0.3 is 5.32 Å². The van der Waals surface area contributed by atoms with Gasteiger partial charge in [-0.1, -0.05) is 49.8 Å². The molecule has 1 aromatic carbocycles. The summed E-state index contributed by atoms with van der Waals surface area (Å²) in [5, 5.41) is 3.72. The smallest absolute Gasteiger partial charge is 0.141 e. The van der Waals surface area contributed by atoms with Crippen LogP contribution in [0.25, 0.3) is 0 Å². The summed E-state index contributed by atoms with van der Waals surface area (Å²) in [4.78, 5) is 0. The van der Waals surface area contributed by atoms with Crippen molar-refractivity contribution in [1.82, 2.24) is 5.32 Å². The maximum atomic E-state index is 13.1. The summed E-state index contributed by atoms with van der Waals surface area (Å²) >= 11 is 5.81. The van der Waals surface area contributed by atoms with Gasteiger partial charge >= 0.3 is 0 Å². The van der Waals surface area contributed by atoms with E-state index >= 15 is 0 Å². The molecular weight excluding hydrogens is 261 g/mol. The van der Waals surface area contributed by atoms with Crippen LogP contribution in [0.5, 0.6) is 0 Å². The topological polar surface area (TPSA) is 12.0 Å². The first-order valence-corrected chi connectivity index (χ1v) is 7.73. The van der Waals surface area contributed by atoms with Gasteiger partial charge in [0.05, 0.1) is 5.02 Å². The molecule has 19 heavy (non-hydrogen) atoms. The molecule has 0 aliphatic heterocycles. The highest BCUT2D eigenvalue weighted by molar-refractivity contribution is 6.30. The van der Waals surface area contributed by atoms with Crippen molar-refractivity contribution in [2.24, 2.45) is 5.92 Å². The minimum absolute atomic E-state index is 0.207. The third kappa shape index (κ3) is 4.47. The van der Waals surface area contributed by atoms with E-state index in [1.165, 1.54) is 44.6 Å². The van der Waals surface area contributed by atoms with Crippen molar-refractivity contribution in [2.45, 2.75) is 51.5 Å². The van der Waals surface area contributed by atoms with Crippen molar-refractivity contribution in [3.63, 3.8) is 0 Å². The van der Waals surface area contributed by atoms with Gasteiger partial charge in [0.15, 0.2) is 0 Å². The lowest BCUT2D eigenvalue weighted by Crippen LogP contribution is -2.22. The zero-order chi connectivity index (χ0) is 13.7. The second-order valence-electron chi connectivity index (χ2n) is 5.64. The van der Waals surface area contributed by atoms with Crippen molar-refractivity contribution in [2.75, 3.05) is 6.54 Å². The van der Waals surface area contributed by atoms with E-state index in [2.05, 4.69) is 12.2 Å². The summed E-state index contributed by atoms with van der Waals surface area (Å²) in [5.41, 5.74) is 1.05. The van der Waals surface area contributed by atoms with Crippen LogP contribution in [-0.4, -0.2) is 6.54 Å². The standard InChI is InChI=1S/C16H23ClFN/c1-12(14-7-8-16(18)15(17)11-14)19-10-9-13-5-3-2-4-6-13/h7-8,11-13,19H,2-6,9-10H2,1H3. The third-order valence-corrected chi connectivity index (χ3v) is 4.46. The number of halogens is 2. The Morgan fingerprint density at radius 3 is 2.74 bits per heavy atom. The molecule has 0 heterocycles. The number of benzene rings is 1. The Bertz CT molecular complexity index is 402. The molecule has 0 radical (unpaired) electrons. The number of rotatable bonds is 5. The fourth-order valence-corrected chi connectivity index (χ4v) is 3.07. The molecule has 1 aliphatic rings. The second kappa shape index (κ2) is 7.25. The van der Waals surface area contributed by atoms with Crippen LogP contribution in [0.3, 0.4) is 0 Å². The average molecular weight is 284 g/mol. The summed E-state index contributed by atoms with van der Waals surface area (Å²) in [5.74, 6) is 0.546. The van der Waals surface area contributed by atoms with E-state index in [-0.39, 0.29) is 16.9 Å². The molecule has 0 saturated heterocycles. The highest BCUT2D eigenvalue weighted by atomic mass is 35.5. The molecule has 2 rings (SSSR count). The van der Waals surface area contributed by atoms with Gasteiger partial charge in [-0.05, 0) is 43.5 Å². The Hall–Kier alpha value is -0.600. The molecule has 1 fully saturated rings. The average Bonchev–Trinajstić information content (AvgIpc) is 2.43. The molecule has 1 aliphatic carbocycles. The van der Waals surface area contributed by atoms with Gasteiger partial charge in [0.2, 0.25) is 0 Å². The van der Waals surface area contributed by atoms with E-state index in [1.54, 1.807) is 12.1 Å². The normalized spacial score (nSPS) is 18.5. The highest BCUT2D eigenvalue weighted by Crippen LogP contribution is 2.26. The number of hydrogen-bond donors (Lipinski definition) is 1. The van der Waals surface area contributed by atoms with Crippen LogP contribution in [0.2, 0.25) is 5.02 Å². The van der Waals surface area contributed by atoms with Crippen LogP contribution in [-0.2, 0) is 0 Å². The van der Waals surface area contributed by atoms with E-state index < -0.39 is 0 Å². The lowest BCUT2D eigenvalue weighted by molar-refractivity contribution is 0.329. The molecular formula is C16H23ClFN. The van der Waals surface area contributed by atoms with Gasteiger partial charge in [0.1, 0.15) is 5.82 Å². The van der Waals surface area contributed by atoms with Crippen LogP contribution in [0.4, 0.5) is 4.39 Å². The van der Waals surface area contributed by atoms with Gasteiger partial charge in [-0.3, -0.25) is 0 Å². The van der Waals surface area contributed by atoms with Gasteiger partial charge in [-0.2, -0.15) is 0 Å². The van der Waals surface area contributed by atoms with Crippen molar-refractivity contribution >= 4 is 11.6 Å². The van der Waals surface area contributed by atoms with Gasteiger partial charge in [0, 0.05) is 6.04 Å². The molecule has 0 aromatic heterocycles. The minimum Gasteiger partial charge on any atom is -0.310 e. The van der Waals surface area contributed by atoms with Gasteiger partial charge in [0.25, 0.3) is 0 Å². The summed E-state index contributed by atoms with van der Waals surface area (Å²) < 4.78 is 13.1. The van der Waals surface area contributed by atoms with Crippen molar-refractivity contribution in [1.29, 1.82) is 0 Å². The van der Waals surface area contributed by atoms with Crippen LogP contribution < -0.4 is 5.32 Å². The van der Waals surface area contributed by atoms with Crippen LogP contribution >= 0.6 is 11.6 Å². The SMILES string of the molecule is CC(NCCC1CCCCC1)c1ccc(F)c(Cl)c1. The van der Waals surface area contributed by atoms with E-state index in [1.807, 2.05) is 0 Å². The Labute approximate surface area is 120 Å². The first-order chi connectivity index (χ1) is 9.16. The molecule has 3 heteroatoms. The lowest BCUT2D eigenvalue weighted by Gasteiger charge is -2.22. The largest absolute Gasteiger partial charge is 0.310 e. The molecule has 1 atom stereocenters. The molecule has 0 spiro atoms. The molecule has 0 bridgehead atoms. The fraction of sp³-hybridized carbons (Fsp3) is 0.625. The summed E-state index contributed by atoms with van der Waals surface area (Å²) in [7, 11) is 0. The predicted molar refractivity (Wildman–Crippen MR) is 79.0 cm³/mol. The Balaban J connectivity index is 1.76. The van der Waals surface area contributed by atoms with Crippen molar-refractivity contribution in [3.8, 4) is 0 Å². The summed E-state index contributed by atoms with van der Waals surface area (Å²) in [6, 6.07) is 5.19. The molecule has 1 aromatic rings. The Morgan fingerprint density at radius 2 is 2.05 bits per heavy atom. The van der Waals surface area contributed by atoms with E-state index in [4.69, 9.17) is 11.6 Å². The van der Waals surface area contributed by atoms with Crippen molar-refractivity contribution in [3.05, 3.63) is 34.6 Å². The van der Waals surface area contributed by atoms with Crippen LogP contribution in [0, 0.1) is 11.7 Å². The molecule has 1 saturated carbocycles. The molecule has 1 unspecified atom stereocenters. The van der Waals surface area contributed by atoms with Crippen molar-refractivity contribution < 1.29 is 4.39 Å². The maximum Gasteiger partial charge on any atom is 0.141 e. The molecule has 1 N–H and O–H groups in total. The zero-order valence-corrected chi connectivity index (χ0v) is 12.3. The Kier molecular flexibility index (Phi) is 5.65. The van der Waals surface area contributed by atoms with Crippen LogP contribution in [0.1, 0.15) is 57.1 Å². The Morgan fingerprint density at radius 1 is 1.32 bits per heavy atom.